The van der Waals surface area contributed by atoms with Crippen LogP contribution in [0.25, 0.3) is 0 Å². The molecule has 4 aliphatic rings. The van der Waals surface area contributed by atoms with Crippen LogP contribution in [-0.2, 0) is 28.7 Å². The van der Waals surface area contributed by atoms with Gasteiger partial charge in [-0.15, -0.1) is 0 Å². The molecule has 14 nitrogen and oxygen atoms in total. The zero-order valence-corrected chi connectivity index (χ0v) is 31.7. The van der Waals surface area contributed by atoms with E-state index in [0.717, 1.165) is 10.5 Å². The summed E-state index contributed by atoms with van der Waals surface area (Å²) in [6.07, 6.45) is -4.60. The Labute approximate surface area is 311 Å². The van der Waals surface area contributed by atoms with Gasteiger partial charge in [-0.2, -0.15) is 0 Å². The number of aliphatic hydroxyl groups excluding tert-OH is 6. The summed E-state index contributed by atoms with van der Waals surface area (Å²) < 4.78 is 11.6. The largest absolute Gasteiger partial charge is 0.453 e. The van der Waals surface area contributed by atoms with Gasteiger partial charge in [-0.3, -0.25) is 14.4 Å². The van der Waals surface area contributed by atoms with Crippen LogP contribution in [0.1, 0.15) is 105 Å². The number of carbonyl (C=O) groups is 4. The second kappa shape index (κ2) is 18.4. The molecular weight excluding hydrogens is 690 g/mol. The van der Waals surface area contributed by atoms with E-state index in [0.29, 0.717) is 44.1 Å². The van der Waals surface area contributed by atoms with Crippen LogP contribution in [0, 0.1) is 23.7 Å². The van der Waals surface area contributed by atoms with Gasteiger partial charge in [0.05, 0.1) is 30.5 Å². The summed E-state index contributed by atoms with van der Waals surface area (Å²) in [6.45, 7) is 8.58. The van der Waals surface area contributed by atoms with Gasteiger partial charge in [-0.05, 0) is 95.5 Å². The molecule has 1 amide bonds. The Bertz CT molecular complexity index is 1380. The highest BCUT2D eigenvalue weighted by molar-refractivity contribution is 6.39. The number of carbonyl (C=O) groups excluding carboxylic acids is 4. The maximum absolute atomic E-state index is 14.0. The third-order valence-corrected chi connectivity index (χ3v) is 11.7. The highest BCUT2D eigenvalue weighted by Crippen LogP contribution is 2.39. The Morgan fingerprint density at radius 2 is 1.58 bits per heavy atom. The molecule has 14 unspecified atom stereocenters. The van der Waals surface area contributed by atoms with Crippen molar-refractivity contribution in [2.45, 2.75) is 166 Å². The molecule has 3 aliphatic heterocycles. The number of piperidine rings is 1. The highest BCUT2D eigenvalue weighted by atomic mass is 16.6. The third-order valence-electron chi connectivity index (χ3n) is 11.7. The van der Waals surface area contributed by atoms with E-state index in [1.807, 2.05) is 20.8 Å². The van der Waals surface area contributed by atoms with Crippen molar-refractivity contribution in [1.82, 2.24) is 4.90 Å². The molecule has 0 radical (unpaired) electrons. The van der Waals surface area contributed by atoms with E-state index in [2.05, 4.69) is 0 Å². The summed E-state index contributed by atoms with van der Waals surface area (Å²) in [6, 6.07) is -1.30. The van der Waals surface area contributed by atoms with E-state index in [1.54, 1.807) is 19.1 Å². The summed E-state index contributed by atoms with van der Waals surface area (Å²) in [5.41, 5.74) is 1.17. The average molecular weight is 752 g/mol. The van der Waals surface area contributed by atoms with Gasteiger partial charge < -0.3 is 50.1 Å². The van der Waals surface area contributed by atoms with Crippen LogP contribution < -0.4 is 0 Å². The lowest BCUT2D eigenvalue weighted by atomic mass is 9.83. The number of amides is 1. The number of Topliss-reactive ketones (excluding diaryl/α,β-unsaturated/α-hetero) is 2. The Kier molecular flexibility index (Phi) is 15.0. The number of aliphatic hydroxyl groups is 7. The molecule has 300 valence electrons. The minimum atomic E-state index is -2.63. The summed E-state index contributed by atoms with van der Waals surface area (Å²) in [5.74, 6) is -8.41. The Balaban J connectivity index is 1.71. The number of fused-ring (bicyclic) bond motifs is 3. The molecule has 2 bridgehead atoms. The van der Waals surface area contributed by atoms with E-state index < -0.39 is 96.6 Å². The van der Waals surface area contributed by atoms with Crippen LogP contribution in [0.3, 0.4) is 0 Å². The van der Waals surface area contributed by atoms with Gasteiger partial charge in [-0.1, -0.05) is 38.5 Å². The van der Waals surface area contributed by atoms with Gasteiger partial charge in [0.15, 0.2) is 6.10 Å². The topological polar surface area (TPSA) is 232 Å². The molecule has 0 aromatic heterocycles. The number of hydrogen-bond acceptors (Lipinski definition) is 13. The molecule has 7 N–H and O–H groups in total. The molecule has 3 fully saturated rings. The predicted molar refractivity (Wildman–Crippen MR) is 191 cm³/mol. The van der Waals surface area contributed by atoms with Gasteiger partial charge in [0.2, 0.25) is 5.79 Å². The summed E-state index contributed by atoms with van der Waals surface area (Å²) in [4.78, 5) is 56.0. The SMILES string of the molecule is CCC1C=C(C)CC(C)CC(O)C(O)C2CC(C)C(O)(O2)C(=O)C(=O)N2CCCCC2C(=O)OC(C(C)=CC2CCC(O)C(O)C2)C(O)C(O)CC1=O. The number of ether oxygens (including phenoxy) is 2. The molecule has 14 atom stereocenters. The van der Waals surface area contributed by atoms with Gasteiger partial charge >= 0.3 is 5.97 Å². The van der Waals surface area contributed by atoms with Crippen molar-refractivity contribution in [3.8, 4) is 0 Å². The maximum atomic E-state index is 14.0. The Hall–Kier alpha value is -2.56. The van der Waals surface area contributed by atoms with Gasteiger partial charge in [0.1, 0.15) is 24.0 Å². The predicted octanol–water partition coefficient (Wildman–Crippen LogP) is 1.24. The fourth-order valence-electron chi connectivity index (χ4n) is 8.47. The molecule has 0 aromatic carbocycles. The van der Waals surface area contributed by atoms with Crippen molar-refractivity contribution in [2.75, 3.05) is 6.54 Å². The van der Waals surface area contributed by atoms with Crippen LogP contribution in [0.4, 0.5) is 0 Å². The zero-order chi connectivity index (χ0) is 39.4. The standard InChI is InChI=1S/C39H61NO13/c1-6-25-14-20(2)13-21(3)15-30(44)33(46)32-17-23(5)39(51,53-32)36(48)37(49)40-12-8-7-9-26(40)38(50)52-35(34(47)31(45)19-28(25)42)22(4)16-24-10-11-27(41)29(43)18-24/h14,16,21,23-27,29-35,41,43-47,51H,6-13,15,17-19H2,1-5H3. The molecule has 1 saturated carbocycles. The monoisotopic (exact) mass is 751 g/mol. The normalized spacial score (nSPS) is 42.3. The first-order valence-electron chi connectivity index (χ1n) is 19.3. The maximum Gasteiger partial charge on any atom is 0.329 e. The Morgan fingerprint density at radius 3 is 2.25 bits per heavy atom. The summed E-state index contributed by atoms with van der Waals surface area (Å²) >= 11 is 0. The van der Waals surface area contributed by atoms with Crippen molar-refractivity contribution in [3.05, 3.63) is 23.3 Å². The van der Waals surface area contributed by atoms with E-state index in [4.69, 9.17) is 9.47 Å². The lowest BCUT2D eigenvalue weighted by Gasteiger charge is -2.37. The fourth-order valence-corrected chi connectivity index (χ4v) is 8.47. The lowest BCUT2D eigenvalue weighted by molar-refractivity contribution is -0.224. The van der Waals surface area contributed by atoms with Crippen molar-refractivity contribution in [3.63, 3.8) is 0 Å². The first-order chi connectivity index (χ1) is 24.9. The van der Waals surface area contributed by atoms with Crippen LogP contribution in [0.5, 0.6) is 0 Å². The number of cyclic esters (lactones) is 1. The van der Waals surface area contributed by atoms with Gasteiger partial charge in [0.25, 0.3) is 11.7 Å². The molecular formula is C39H61NO13. The second-order valence-electron chi connectivity index (χ2n) is 16.2. The van der Waals surface area contributed by atoms with Gasteiger partial charge in [0, 0.05) is 24.8 Å². The number of nitrogens with zero attached hydrogens (tertiary/aromatic N) is 1. The molecule has 53 heavy (non-hydrogen) atoms. The minimum Gasteiger partial charge on any atom is -0.453 e. The second-order valence-corrected chi connectivity index (χ2v) is 16.2. The fraction of sp³-hybridized carbons (Fsp3) is 0.795. The molecule has 0 aromatic rings. The number of ketones is 2. The zero-order valence-electron chi connectivity index (χ0n) is 31.7. The van der Waals surface area contributed by atoms with E-state index in [1.165, 1.54) is 6.92 Å². The first kappa shape index (κ1) is 43.2. The first-order valence-corrected chi connectivity index (χ1v) is 19.3. The smallest absolute Gasteiger partial charge is 0.329 e. The average Bonchev–Trinajstić information content (AvgIpc) is 3.43. The van der Waals surface area contributed by atoms with Crippen molar-refractivity contribution >= 4 is 23.4 Å². The van der Waals surface area contributed by atoms with E-state index >= 15 is 0 Å². The molecule has 2 saturated heterocycles. The molecule has 4 rings (SSSR count). The number of esters is 1. The lowest BCUT2D eigenvalue weighted by Crippen LogP contribution is -2.58. The van der Waals surface area contributed by atoms with E-state index in [-0.39, 0.29) is 49.8 Å². The molecule has 1 aliphatic carbocycles. The van der Waals surface area contributed by atoms with Crippen molar-refractivity contribution in [1.29, 1.82) is 0 Å². The summed E-state index contributed by atoms with van der Waals surface area (Å²) in [5, 5.41) is 76.6. The quantitative estimate of drug-likeness (QED) is 0.122. The number of allylic oxidation sites excluding steroid dienone is 3. The highest BCUT2D eigenvalue weighted by Gasteiger charge is 2.57. The van der Waals surface area contributed by atoms with Crippen LogP contribution >= 0.6 is 0 Å². The summed E-state index contributed by atoms with van der Waals surface area (Å²) in [7, 11) is 0. The molecule has 14 heteroatoms. The van der Waals surface area contributed by atoms with Crippen LogP contribution in [0.15, 0.2) is 23.3 Å². The van der Waals surface area contributed by atoms with Crippen molar-refractivity contribution in [2.24, 2.45) is 23.7 Å². The third kappa shape index (κ3) is 10.2. The minimum absolute atomic E-state index is 0.0236. The molecule has 0 spiro atoms. The van der Waals surface area contributed by atoms with Crippen LogP contribution in [-0.4, -0.2) is 131 Å². The van der Waals surface area contributed by atoms with Crippen LogP contribution in [0.2, 0.25) is 0 Å². The number of hydrogen-bond donors (Lipinski definition) is 7. The molecule has 3 heterocycles. The number of rotatable bonds is 3. The Morgan fingerprint density at radius 1 is 0.887 bits per heavy atom. The van der Waals surface area contributed by atoms with E-state index in [9.17, 15) is 54.9 Å². The van der Waals surface area contributed by atoms with Gasteiger partial charge in [-0.25, -0.2) is 4.79 Å². The van der Waals surface area contributed by atoms with Crippen molar-refractivity contribution < 1.29 is 64.4 Å².